The van der Waals surface area contributed by atoms with Gasteiger partial charge < -0.3 is 4.90 Å². The summed E-state index contributed by atoms with van der Waals surface area (Å²) in [7, 11) is -3.25. The van der Waals surface area contributed by atoms with Crippen molar-refractivity contribution in [1.29, 1.82) is 0 Å². The van der Waals surface area contributed by atoms with Crippen molar-refractivity contribution in [3.63, 3.8) is 0 Å². The summed E-state index contributed by atoms with van der Waals surface area (Å²) in [5.74, 6) is -0.122. The third kappa shape index (κ3) is 4.86. The van der Waals surface area contributed by atoms with Gasteiger partial charge in [-0.1, -0.05) is 60.2 Å². The number of benzene rings is 2. The van der Waals surface area contributed by atoms with Crippen LogP contribution in [-0.2, 0) is 16.6 Å². The molecule has 0 radical (unpaired) electrons. The Morgan fingerprint density at radius 1 is 0.968 bits per heavy atom. The second-order valence-corrected chi connectivity index (χ2v) is 9.88. The highest BCUT2D eigenvalue weighted by Crippen LogP contribution is 2.25. The topological polar surface area (TPSA) is 75.5 Å². The Kier molecular flexibility index (Phi) is 5.93. The molecular formula is C23H26N4O3S. The lowest BCUT2D eigenvalue weighted by molar-refractivity contribution is 0.0699. The standard InChI is InChI=1S/C23H26N4O3S/c1-18-8-10-20(11-9-18)22-21(17-26(24-22)16-19-6-4-3-5-7-19)23(28)25-12-14-27(15-13-25)31(2,29)30/h3-11,17H,12-16H2,1-2H3. The average molecular weight is 439 g/mol. The summed E-state index contributed by atoms with van der Waals surface area (Å²) < 4.78 is 26.8. The zero-order valence-electron chi connectivity index (χ0n) is 17.7. The number of aromatic nitrogens is 2. The van der Waals surface area contributed by atoms with Gasteiger partial charge in [0.15, 0.2) is 0 Å². The molecule has 1 aliphatic rings. The molecule has 0 bridgehead atoms. The Labute approximate surface area is 183 Å². The summed E-state index contributed by atoms with van der Waals surface area (Å²) in [6.45, 7) is 3.93. The first-order chi connectivity index (χ1) is 14.8. The molecule has 2 heterocycles. The number of sulfonamides is 1. The molecule has 0 unspecified atom stereocenters. The van der Waals surface area contributed by atoms with Crippen LogP contribution >= 0.6 is 0 Å². The fourth-order valence-corrected chi connectivity index (χ4v) is 4.57. The molecule has 0 atom stereocenters. The van der Waals surface area contributed by atoms with Crippen LogP contribution in [0.25, 0.3) is 11.3 Å². The zero-order valence-corrected chi connectivity index (χ0v) is 18.5. The van der Waals surface area contributed by atoms with E-state index in [0.717, 1.165) is 16.7 Å². The number of piperazine rings is 1. The molecule has 0 N–H and O–H groups in total. The molecule has 3 aromatic rings. The van der Waals surface area contributed by atoms with Gasteiger partial charge in [0.2, 0.25) is 10.0 Å². The van der Waals surface area contributed by atoms with Crippen LogP contribution in [0, 0.1) is 6.92 Å². The van der Waals surface area contributed by atoms with Crippen molar-refractivity contribution in [2.75, 3.05) is 32.4 Å². The van der Waals surface area contributed by atoms with Crippen molar-refractivity contribution >= 4 is 15.9 Å². The highest BCUT2D eigenvalue weighted by Gasteiger charge is 2.29. The van der Waals surface area contributed by atoms with Gasteiger partial charge in [-0.15, -0.1) is 0 Å². The number of aryl methyl sites for hydroxylation is 1. The summed E-state index contributed by atoms with van der Waals surface area (Å²) in [5, 5.41) is 4.74. The van der Waals surface area contributed by atoms with Gasteiger partial charge in [-0.25, -0.2) is 8.42 Å². The fourth-order valence-electron chi connectivity index (χ4n) is 3.75. The van der Waals surface area contributed by atoms with E-state index in [1.165, 1.54) is 10.6 Å². The second kappa shape index (κ2) is 8.64. The molecule has 31 heavy (non-hydrogen) atoms. The number of hydrogen-bond acceptors (Lipinski definition) is 4. The van der Waals surface area contributed by atoms with Crippen molar-refractivity contribution in [2.24, 2.45) is 0 Å². The van der Waals surface area contributed by atoms with Crippen LogP contribution in [0.5, 0.6) is 0 Å². The lowest BCUT2D eigenvalue weighted by atomic mass is 10.1. The largest absolute Gasteiger partial charge is 0.336 e. The first-order valence-electron chi connectivity index (χ1n) is 10.2. The molecule has 1 fully saturated rings. The van der Waals surface area contributed by atoms with E-state index in [4.69, 9.17) is 5.10 Å². The van der Waals surface area contributed by atoms with Gasteiger partial charge in [-0.3, -0.25) is 9.48 Å². The molecule has 1 aliphatic heterocycles. The maximum Gasteiger partial charge on any atom is 0.257 e. The maximum atomic E-state index is 13.4. The Balaban J connectivity index is 1.63. The molecule has 162 valence electrons. The maximum absolute atomic E-state index is 13.4. The number of nitrogens with zero attached hydrogens (tertiary/aromatic N) is 4. The fraction of sp³-hybridized carbons (Fsp3) is 0.304. The predicted molar refractivity (Wildman–Crippen MR) is 120 cm³/mol. The minimum atomic E-state index is -3.25. The van der Waals surface area contributed by atoms with E-state index in [2.05, 4.69) is 0 Å². The van der Waals surface area contributed by atoms with Gasteiger partial charge in [-0.05, 0) is 12.5 Å². The van der Waals surface area contributed by atoms with E-state index in [1.54, 1.807) is 15.8 Å². The second-order valence-electron chi connectivity index (χ2n) is 7.89. The Morgan fingerprint density at radius 3 is 2.23 bits per heavy atom. The van der Waals surface area contributed by atoms with Crippen molar-refractivity contribution in [3.05, 3.63) is 77.5 Å². The van der Waals surface area contributed by atoms with Gasteiger partial charge in [0.1, 0.15) is 5.69 Å². The molecule has 1 saturated heterocycles. The smallest absolute Gasteiger partial charge is 0.257 e. The molecule has 0 saturated carbocycles. The Hall–Kier alpha value is -2.97. The molecule has 0 spiro atoms. The van der Waals surface area contributed by atoms with Gasteiger partial charge in [-0.2, -0.15) is 9.40 Å². The monoisotopic (exact) mass is 438 g/mol. The van der Waals surface area contributed by atoms with Crippen molar-refractivity contribution in [3.8, 4) is 11.3 Å². The van der Waals surface area contributed by atoms with Crippen LogP contribution in [-0.4, -0.2) is 65.7 Å². The lowest BCUT2D eigenvalue weighted by Crippen LogP contribution is -2.50. The summed E-state index contributed by atoms with van der Waals surface area (Å²) in [6.07, 6.45) is 3.00. The van der Waals surface area contributed by atoms with Crippen LogP contribution < -0.4 is 0 Å². The molecule has 7 nitrogen and oxygen atoms in total. The number of hydrogen-bond donors (Lipinski definition) is 0. The molecule has 8 heteroatoms. The molecular weight excluding hydrogens is 412 g/mol. The number of amides is 1. The minimum absolute atomic E-state index is 0.122. The van der Waals surface area contributed by atoms with Gasteiger partial charge in [0.25, 0.3) is 5.91 Å². The van der Waals surface area contributed by atoms with E-state index in [0.29, 0.717) is 44.0 Å². The molecule has 1 amide bonds. The van der Waals surface area contributed by atoms with Crippen molar-refractivity contribution in [1.82, 2.24) is 19.0 Å². The number of rotatable bonds is 5. The number of carbonyl (C=O) groups excluding carboxylic acids is 1. The first-order valence-corrected chi connectivity index (χ1v) is 12.1. The van der Waals surface area contributed by atoms with E-state index in [1.807, 2.05) is 61.5 Å². The summed E-state index contributed by atoms with van der Waals surface area (Å²) in [4.78, 5) is 15.1. The first kappa shape index (κ1) is 21.3. The Bertz CT molecular complexity index is 1160. The van der Waals surface area contributed by atoms with Crippen LogP contribution in [0.3, 0.4) is 0 Å². The summed E-state index contributed by atoms with van der Waals surface area (Å²) >= 11 is 0. The van der Waals surface area contributed by atoms with Crippen LogP contribution in [0.2, 0.25) is 0 Å². The third-order valence-electron chi connectivity index (χ3n) is 5.50. The van der Waals surface area contributed by atoms with Gasteiger partial charge in [0.05, 0.1) is 18.4 Å². The molecule has 4 rings (SSSR count). The lowest BCUT2D eigenvalue weighted by Gasteiger charge is -2.33. The van der Waals surface area contributed by atoms with E-state index in [-0.39, 0.29) is 5.91 Å². The summed E-state index contributed by atoms with van der Waals surface area (Å²) in [6, 6.07) is 17.9. The van der Waals surface area contributed by atoms with E-state index < -0.39 is 10.0 Å². The quantitative estimate of drug-likeness (QED) is 0.614. The Morgan fingerprint density at radius 2 is 1.61 bits per heavy atom. The van der Waals surface area contributed by atoms with Crippen molar-refractivity contribution < 1.29 is 13.2 Å². The highest BCUT2D eigenvalue weighted by molar-refractivity contribution is 7.88. The normalized spacial score (nSPS) is 15.2. The van der Waals surface area contributed by atoms with Crippen LogP contribution in [0.15, 0.2) is 60.8 Å². The summed E-state index contributed by atoms with van der Waals surface area (Å²) in [5.41, 5.74) is 4.30. The van der Waals surface area contributed by atoms with Gasteiger partial charge >= 0.3 is 0 Å². The minimum Gasteiger partial charge on any atom is -0.336 e. The SMILES string of the molecule is Cc1ccc(-c2nn(Cc3ccccc3)cc2C(=O)N2CCN(S(C)(=O)=O)CC2)cc1. The van der Waals surface area contributed by atoms with E-state index >= 15 is 0 Å². The third-order valence-corrected chi connectivity index (χ3v) is 6.80. The van der Waals surface area contributed by atoms with Crippen LogP contribution in [0.1, 0.15) is 21.5 Å². The van der Waals surface area contributed by atoms with Crippen LogP contribution in [0.4, 0.5) is 0 Å². The highest BCUT2D eigenvalue weighted by atomic mass is 32.2. The predicted octanol–water partition coefficient (Wildman–Crippen LogP) is 2.62. The number of carbonyl (C=O) groups is 1. The molecule has 2 aromatic carbocycles. The van der Waals surface area contributed by atoms with E-state index in [9.17, 15) is 13.2 Å². The molecule has 0 aliphatic carbocycles. The molecule has 1 aromatic heterocycles. The average Bonchev–Trinajstić information content (AvgIpc) is 3.17. The zero-order chi connectivity index (χ0) is 22.0. The van der Waals surface area contributed by atoms with Crippen molar-refractivity contribution in [2.45, 2.75) is 13.5 Å². The van der Waals surface area contributed by atoms with Gasteiger partial charge in [0, 0.05) is 37.9 Å².